The quantitative estimate of drug-likeness (QED) is 0.0424. The standard InChI is InChI=1S/C34H32F3N6O8P/c1-4-48-52(47,49-5-2)50-19-21-6-13-26(14-7-21)51-32(46)27-15-10-23(34(35,36)37)16-28(27)41-33-42-30-29(31(45)43-33)40-25(18-39-30)17-38-24-11-8-22(9-12-24)20(3)44/h6-16,18,38H,4-5,17,19H2,1-3H3,(H2,39,41,42,43,45). The lowest BCUT2D eigenvalue weighted by Gasteiger charge is -2.16. The number of carbonyl (C=O) groups is 2. The number of carbonyl (C=O) groups excluding carboxylic acids is 2. The maximum absolute atomic E-state index is 13.7. The first-order chi connectivity index (χ1) is 24.8. The highest BCUT2D eigenvalue weighted by Crippen LogP contribution is 2.50. The summed E-state index contributed by atoms with van der Waals surface area (Å²) in [6.45, 7) is 4.98. The Morgan fingerprint density at radius 2 is 1.62 bits per heavy atom. The molecule has 2 aromatic heterocycles. The molecule has 0 aliphatic rings. The lowest BCUT2D eigenvalue weighted by molar-refractivity contribution is -0.137. The van der Waals surface area contributed by atoms with Gasteiger partial charge in [-0.2, -0.15) is 18.2 Å². The van der Waals surface area contributed by atoms with Crippen LogP contribution in [0.1, 0.15) is 58.3 Å². The number of H-pyrrole nitrogens is 1. The zero-order valence-corrected chi connectivity index (χ0v) is 28.8. The van der Waals surface area contributed by atoms with Crippen molar-refractivity contribution in [1.82, 2.24) is 19.9 Å². The van der Waals surface area contributed by atoms with Gasteiger partial charge in [0, 0.05) is 11.3 Å². The number of nitrogens with one attached hydrogen (secondary N) is 3. The molecule has 0 aliphatic carbocycles. The minimum absolute atomic E-state index is 0.0447. The molecule has 0 radical (unpaired) electrons. The van der Waals surface area contributed by atoms with Crippen LogP contribution in [0.2, 0.25) is 0 Å². The van der Waals surface area contributed by atoms with E-state index in [9.17, 15) is 32.1 Å². The van der Waals surface area contributed by atoms with Gasteiger partial charge in [-0.05, 0) is 80.9 Å². The minimum Gasteiger partial charge on any atom is -0.423 e. The molecule has 0 saturated carbocycles. The molecule has 18 heteroatoms. The fourth-order valence-electron chi connectivity index (χ4n) is 4.64. The Morgan fingerprint density at radius 3 is 2.25 bits per heavy atom. The summed E-state index contributed by atoms with van der Waals surface area (Å²) in [5.41, 5.74) is -0.561. The zero-order chi connectivity index (χ0) is 37.5. The maximum atomic E-state index is 13.7. The van der Waals surface area contributed by atoms with Crippen LogP contribution in [0.25, 0.3) is 11.2 Å². The van der Waals surface area contributed by atoms with Gasteiger partial charge in [0.2, 0.25) is 5.95 Å². The van der Waals surface area contributed by atoms with Crippen LogP contribution in [-0.2, 0) is 37.5 Å². The summed E-state index contributed by atoms with van der Waals surface area (Å²) in [5.74, 6) is -1.35. The summed E-state index contributed by atoms with van der Waals surface area (Å²) in [5, 5.41) is 5.69. The molecule has 272 valence electrons. The fraction of sp³-hybridized carbons (Fsp3) is 0.235. The Labute approximate surface area is 294 Å². The number of rotatable bonds is 15. The summed E-state index contributed by atoms with van der Waals surface area (Å²) in [7, 11) is -3.76. The van der Waals surface area contributed by atoms with Crippen LogP contribution >= 0.6 is 7.82 Å². The lowest BCUT2D eigenvalue weighted by Crippen LogP contribution is -2.17. The number of hydrogen-bond acceptors (Lipinski definition) is 13. The Hall–Kier alpha value is -5.48. The van der Waals surface area contributed by atoms with E-state index in [1.165, 1.54) is 37.4 Å². The first kappa shape index (κ1) is 37.8. The van der Waals surface area contributed by atoms with Crippen LogP contribution in [0.3, 0.4) is 0 Å². The highest BCUT2D eigenvalue weighted by atomic mass is 31.2. The van der Waals surface area contributed by atoms with Crippen molar-refractivity contribution >= 4 is 48.1 Å². The van der Waals surface area contributed by atoms with Crippen LogP contribution in [0.15, 0.2) is 77.7 Å². The predicted octanol–water partition coefficient (Wildman–Crippen LogP) is 7.21. The summed E-state index contributed by atoms with van der Waals surface area (Å²) >= 11 is 0. The predicted molar refractivity (Wildman–Crippen MR) is 184 cm³/mol. The molecule has 5 rings (SSSR count). The number of fused-ring (bicyclic) bond motifs is 1. The van der Waals surface area contributed by atoms with E-state index in [-0.39, 0.29) is 66.3 Å². The Bertz CT molecular complexity index is 2170. The molecule has 0 amide bonds. The van der Waals surface area contributed by atoms with Gasteiger partial charge in [0.25, 0.3) is 5.56 Å². The van der Waals surface area contributed by atoms with Crippen molar-refractivity contribution in [3.8, 4) is 5.75 Å². The number of Topliss-reactive ketones (excluding diaryl/α,β-unsaturated/α-hetero) is 1. The van der Waals surface area contributed by atoms with E-state index < -0.39 is 31.1 Å². The topological polar surface area (TPSA) is 184 Å². The number of ketones is 1. The molecule has 52 heavy (non-hydrogen) atoms. The third-order valence-electron chi connectivity index (χ3n) is 7.15. The smallest absolute Gasteiger partial charge is 0.423 e. The molecule has 0 atom stereocenters. The van der Waals surface area contributed by atoms with Gasteiger partial charge < -0.3 is 15.4 Å². The van der Waals surface area contributed by atoms with Crippen LogP contribution in [0.5, 0.6) is 5.75 Å². The van der Waals surface area contributed by atoms with Crippen molar-refractivity contribution < 1.29 is 45.6 Å². The Kier molecular flexibility index (Phi) is 11.8. The number of nitrogens with zero attached hydrogens (tertiary/aromatic N) is 3. The van der Waals surface area contributed by atoms with Gasteiger partial charge in [0.1, 0.15) is 5.75 Å². The molecule has 5 aromatic rings. The number of anilines is 3. The summed E-state index contributed by atoms with van der Waals surface area (Å²) in [6, 6.07) is 15.0. The van der Waals surface area contributed by atoms with Gasteiger partial charge in [-0.1, -0.05) is 12.1 Å². The number of ether oxygens (including phenoxy) is 1. The largest absolute Gasteiger partial charge is 0.475 e. The van der Waals surface area contributed by atoms with Crippen LogP contribution in [0.4, 0.5) is 30.5 Å². The molecule has 0 fully saturated rings. The average molecular weight is 741 g/mol. The molecular weight excluding hydrogens is 708 g/mol. The van der Waals surface area contributed by atoms with Gasteiger partial charge in [-0.3, -0.25) is 28.1 Å². The highest BCUT2D eigenvalue weighted by Gasteiger charge is 2.32. The average Bonchev–Trinajstić information content (AvgIpc) is 3.10. The van der Waals surface area contributed by atoms with Crippen LogP contribution in [0, 0.1) is 0 Å². The fourth-order valence-corrected chi connectivity index (χ4v) is 5.80. The van der Waals surface area contributed by atoms with E-state index in [1.807, 2.05) is 0 Å². The van der Waals surface area contributed by atoms with E-state index in [4.69, 9.17) is 18.3 Å². The number of alkyl halides is 3. The highest BCUT2D eigenvalue weighted by molar-refractivity contribution is 7.48. The summed E-state index contributed by atoms with van der Waals surface area (Å²) in [6.07, 6.45) is -3.39. The second-order valence-corrected chi connectivity index (χ2v) is 12.6. The van der Waals surface area contributed by atoms with Gasteiger partial charge in [-0.25, -0.2) is 19.3 Å². The number of phosphoric acid groups is 1. The van der Waals surface area contributed by atoms with E-state index in [0.29, 0.717) is 34.6 Å². The number of phosphoric ester groups is 1. The monoisotopic (exact) mass is 740 g/mol. The SMILES string of the molecule is CCOP(=O)(OCC)OCc1ccc(OC(=O)c2ccc(C(F)(F)F)cc2Nc2nc3ncc(CNc4ccc(C(C)=O)cc4)nc3c(=O)[nH]2)cc1. The van der Waals surface area contributed by atoms with Crippen LogP contribution in [-0.4, -0.2) is 44.9 Å². The van der Waals surface area contributed by atoms with Crippen molar-refractivity contribution in [2.24, 2.45) is 0 Å². The molecule has 0 spiro atoms. The van der Waals surface area contributed by atoms with Gasteiger partial charge in [0.15, 0.2) is 16.9 Å². The summed E-state index contributed by atoms with van der Waals surface area (Å²) in [4.78, 5) is 52.8. The molecule has 3 N–H and O–H groups in total. The minimum atomic E-state index is -4.76. The molecule has 3 aromatic carbocycles. The second-order valence-electron chi connectivity index (χ2n) is 10.9. The molecule has 0 bridgehead atoms. The number of aromatic nitrogens is 4. The number of hydrogen-bond donors (Lipinski definition) is 3. The normalized spacial score (nSPS) is 11.7. The van der Waals surface area contributed by atoms with Gasteiger partial charge in [0.05, 0.1) is 55.1 Å². The first-order valence-electron chi connectivity index (χ1n) is 15.7. The maximum Gasteiger partial charge on any atom is 0.475 e. The van der Waals surface area contributed by atoms with Crippen molar-refractivity contribution in [3.63, 3.8) is 0 Å². The molecule has 14 nitrogen and oxygen atoms in total. The first-order valence-corrected chi connectivity index (χ1v) is 17.2. The van der Waals surface area contributed by atoms with Crippen molar-refractivity contribution in [2.45, 2.75) is 40.1 Å². The number of benzene rings is 3. The third-order valence-corrected chi connectivity index (χ3v) is 8.74. The molecule has 0 saturated heterocycles. The third kappa shape index (κ3) is 9.64. The second kappa shape index (κ2) is 16.2. The van der Waals surface area contributed by atoms with Gasteiger partial charge >= 0.3 is 20.0 Å². The number of esters is 1. The van der Waals surface area contributed by atoms with Crippen molar-refractivity contribution in [3.05, 3.63) is 111 Å². The molecular formula is C34H32F3N6O8P. The molecule has 0 aliphatic heterocycles. The zero-order valence-electron chi connectivity index (χ0n) is 27.9. The van der Waals surface area contributed by atoms with E-state index in [0.717, 1.165) is 6.07 Å². The Morgan fingerprint density at radius 1 is 0.923 bits per heavy atom. The number of aromatic amines is 1. The van der Waals surface area contributed by atoms with Crippen LogP contribution < -0.4 is 20.9 Å². The van der Waals surface area contributed by atoms with Crippen molar-refractivity contribution in [1.29, 1.82) is 0 Å². The van der Waals surface area contributed by atoms with E-state index in [1.54, 1.807) is 38.1 Å². The summed E-state index contributed by atoms with van der Waals surface area (Å²) < 4.78 is 74.5. The van der Waals surface area contributed by atoms with Crippen molar-refractivity contribution in [2.75, 3.05) is 23.8 Å². The molecule has 2 heterocycles. The van der Waals surface area contributed by atoms with E-state index in [2.05, 4.69) is 30.6 Å². The Balaban J connectivity index is 1.32. The molecule has 0 unspecified atom stereocenters. The lowest BCUT2D eigenvalue weighted by atomic mass is 10.1. The van der Waals surface area contributed by atoms with E-state index >= 15 is 0 Å². The van der Waals surface area contributed by atoms with Gasteiger partial charge in [-0.15, -0.1) is 0 Å². The number of halogens is 3.